The standard InChI is InChI=1S/C19H18ClNO5/c1-9(2)11-6-14-12(7-15(11)22)18(25)10-4-5-13(20)19(26-3)17(10)21(14)8-16(23)24/h4-7,9,22H,8H2,1-3H3,(H,23,24). The van der Waals surface area contributed by atoms with E-state index in [1.165, 1.54) is 29.9 Å². The summed E-state index contributed by atoms with van der Waals surface area (Å²) < 4.78 is 6.84. The summed E-state index contributed by atoms with van der Waals surface area (Å²) in [6.07, 6.45) is 0. The zero-order chi connectivity index (χ0) is 19.2. The van der Waals surface area contributed by atoms with E-state index in [0.717, 1.165) is 0 Å². The van der Waals surface area contributed by atoms with Gasteiger partial charge in [-0.3, -0.25) is 9.59 Å². The largest absolute Gasteiger partial charge is 0.508 e. The molecule has 1 heterocycles. The molecule has 26 heavy (non-hydrogen) atoms. The van der Waals surface area contributed by atoms with Crippen LogP contribution < -0.4 is 10.2 Å². The Hall–Kier alpha value is -2.73. The third-order valence-corrected chi connectivity index (χ3v) is 4.70. The molecular formula is C19H18ClNO5. The van der Waals surface area contributed by atoms with Crippen molar-refractivity contribution in [2.24, 2.45) is 0 Å². The molecule has 0 unspecified atom stereocenters. The van der Waals surface area contributed by atoms with Gasteiger partial charge in [-0.25, -0.2) is 0 Å². The normalized spacial score (nSPS) is 11.4. The van der Waals surface area contributed by atoms with E-state index in [1.54, 1.807) is 6.07 Å². The number of methoxy groups -OCH3 is 1. The first-order chi connectivity index (χ1) is 12.3. The maximum absolute atomic E-state index is 13.0. The van der Waals surface area contributed by atoms with Crippen LogP contribution in [0.25, 0.3) is 21.8 Å². The van der Waals surface area contributed by atoms with Crippen LogP contribution in [0.5, 0.6) is 11.5 Å². The molecule has 0 saturated heterocycles. The maximum Gasteiger partial charge on any atom is 0.323 e. The number of benzene rings is 2. The highest BCUT2D eigenvalue weighted by atomic mass is 35.5. The van der Waals surface area contributed by atoms with E-state index in [1.807, 2.05) is 13.8 Å². The summed E-state index contributed by atoms with van der Waals surface area (Å²) in [6, 6.07) is 6.11. The van der Waals surface area contributed by atoms with Gasteiger partial charge in [-0.15, -0.1) is 0 Å². The molecule has 0 fully saturated rings. The molecule has 3 aromatic rings. The Balaban J connectivity index is 2.63. The van der Waals surface area contributed by atoms with E-state index >= 15 is 0 Å². The van der Waals surface area contributed by atoms with Crippen molar-refractivity contribution in [2.45, 2.75) is 26.3 Å². The summed E-state index contributed by atoms with van der Waals surface area (Å²) in [5.74, 6) is -0.836. The minimum Gasteiger partial charge on any atom is -0.508 e. The van der Waals surface area contributed by atoms with Gasteiger partial charge in [0.05, 0.1) is 33.9 Å². The Labute approximate surface area is 154 Å². The summed E-state index contributed by atoms with van der Waals surface area (Å²) in [6.45, 7) is 3.42. The van der Waals surface area contributed by atoms with Crippen molar-refractivity contribution in [3.63, 3.8) is 0 Å². The molecule has 0 aliphatic heterocycles. The van der Waals surface area contributed by atoms with E-state index in [2.05, 4.69) is 0 Å². The molecule has 2 aromatic carbocycles. The number of hydrogen-bond donors (Lipinski definition) is 2. The van der Waals surface area contributed by atoms with Crippen LogP contribution in [0.2, 0.25) is 5.02 Å². The number of fused-ring (bicyclic) bond motifs is 2. The Morgan fingerprint density at radius 1 is 1.27 bits per heavy atom. The number of aliphatic carboxylic acids is 1. The minimum absolute atomic E-state index is 0.00625. The van der Waals surface area contributed by atoms with Crippen LogP contribution in [-0.4, -0.2) is 27.9 Å². The number of aromatic nitrogens is 1. The zero-order valence-corrected chi connectivity index (χ0v) is 15.3. The molecule has 0 atom stereocenters. The predicted octanol–water partition coefficient (Wildman–Crippen LogP) is 3.73. The lowest BCUT2D eigenvalue weighted by atomic mass is 9.98. The number of rotatable bonds is 4. The molecular weight excluding hydrogens is 358 g/mol. The minimum atomic E-state index is -1.07. The van der Waals surface area contributed by atoms with Gasteiger partial charge >= 0.3 is 5.97 Å². The highest BCUT2D eigenvalue weighted by Gasteiger charge is 2.20. The van der Waals surface area contributed by atoms with Gasteiger partial charge in [0.25, 0.3) is 0 Å². The van der Waals surface area contributed by atoms with Crippen LogP contribution >= 0.6 is 11.6 Å². The number of phenols is 1. The highest BCUT2D eigenvalue weighted by Crippen LogP contribution is 2.36. The number of ether oxygens (including phenoxy) is 1. The first-order valence-electron chi connectivity index (χ1n) is 8.03. The van der Waals surface area contributed by atoms with Crippen molar-refractivity contribution < 1.29 is 19.7 Å². The molecule has 6 nitrogen and oxygen atoms in total. The van der Waals surface area contributed by atoms with Crippen molar-refractivity contribution in [1.82, 2.24) is 4.57 Å². The molecule has 0 spiro atoms. The van der Waals surface area contributed by atoms with E-state index in [9.17, 15) is 19.8 Å². The van der Waals surface area contributed by atoms with Gasteiger partial charge in [-0.05, 0) is 35.7 Å². The molecule has 1 aromatic heterocycles. The quantitative estimate of drug-likeness (QED) is 0.678. The van der Waals surface area contributed by atoms with Gasteiger partial charge in [0.1, 0.15) is 12.3 Å². The smallest absolute Gasteiger partial charge is 0.323 e. The van der Waals surface area contributed by atoms with Gasteiger partial charge in [0.2, 0.25) is 0 Å². The fourth-order valence-corrected chi connectivity index (χ4v) is 3.45. The number of phenolic OH excluding ortho intramolecular Hbond substituents is 1. The predicted molar refractivity (Wildman–Crippen MR) is 101 cm³/mol. The molecule has 0 amide bonds. The average molecular weight is 376 g/mol. The highest BCUT2D eigenvalue weighted by molar-refractivity contribution is 6.33. The van der Waals surface area contributed by atoms with Gasteiger partial charge in [-0.2, -0.15) is 0 Å². The number of carboxylic acid groups (broad SMARTS) is 1. The molecule has 0 saturated carbocycles. The van der Waals surface area contributed by atoms with E-state index in [0.29, 0.717) is 16.6 Å². The third-order valence-electron chi connectivity index (χ3n) is 4.40. The number of hydrogen-bond acceptors (Lipinski definition) is 4. The summed E-state index contributed by atoms with van der Waals surface area (Å²) in [5.41, 5.74) is 1.03. The fourth-order valence-electron chi connectivity index (χ4n) is 3.22. The molecule has 0 aliphatic rings. The van der Waals surface area contributed by atoms with E-state index in [4.69, 9.17) is 16.3 Å². The van der Waals surface area contributed by atoms with Crippen LogP contribution in [-0.2, 0) is 11.3 Å². The number of aromatic hydroxyl groups is 1. The average Bonchev–Trinajstić information content (AvgIpc) is 2.57. The zero-order valence-electron chi connectivity index (χ0n) is 14.5. The second kappa shape index (κ2) is 6.53. The summed E-state index contributed by atoms with van der Waals surface area (Å²) in [7, 11) is 1.41. The molecule has 7 heteroatoms. The van der Waals surface area contributed by atoms with Crippen molar-refractivity contribution in [1.29, 1.82) is 0 Å². The number of pyridine rings is 1. The van der Waals surface area contributed by atoms with Crippen molar-refractivity contribution in [3.05, 3.63) is 45.1 Å². The van der Waals surface area contributed by atoms with E-state index < -0.39 is 5.97 Å². The van der Waals surface area contributed by atoms with Gasteiger partial charge in [-0.1, -0.05) is 25.4 Å². The van der Waals surface area contributed by atoms with Crippen molar-refractivity contribution in [2.75, 3.05) is 7.11 Å². The molecule has 2 N–H and O–H groups in total. The lowest BCUT2D eigenvalue weighted by molar-refractivity contribution is -0.137. The van der Waals surface area contributed by atoms with Crippen molar-refractivity contribution >= 4 is 39.4 Å². The van der Waals surface area contributed by atoms with Crippen LogP contribution in [0, 0.1) is 0 Å². The van der Waals surface area contributed by atoms with Crippen LogP contribution in [0.1, 0.15) is 25.3 Å². The van der Waals surface area contributed by atoms with E-state index in [-0.39, 0.29) is 45.2 Å². The lowest BCUT2D eigenvalue weighted by Gasteiger charge is -2.18. The first kappa shape index (κ1) is 18.1. The van der Waals surface area contributed by atoms with Crippen LogP contribution in [0.4, 0.5) is 0 Å². The van der Waals surface area contributed by atoms with Gasteiger partial charge < -0.3 is 19.5 Å². The second-order valence-electron chi connectivity index (χ2n) is 6.37. The first-order valence-corrected chi connectivity index (χ1v) is 8.41. The monoisotopic (exact) mass is 375 g/mol. The fraction of sp³-hybridized carbons (Fsp3) is 0.263. The van der Waals surface area contributed by atoms with Crippen LogP contribution in [0.15, 0.2) is 29.1 Å². The number of halogens is 1. The Bertz CT molecular complexity index is 1100. The second-order valence-corrected chi connectivity index (χ2v) is 6.78. The topological polar surface area (TPSA) is 88.8 Å². The molecule has 0 aliphatic carbocycles. The van der Waals surface area contributed by atoms with Gasteiger partial charge in [0, 0.05) is 0 Å². The molecule has 3 rings (SSSR count). The Morgan fingerprint density at radius 2 is 1.96 bits per heavy atom. The Morgan fingerprint density at radius 3 is 2.54 bits per heavy atom. The van der Waals surface area contributed by atoms with Crippen LogP contribution in [0.3, 0.4) is 0 Å². The summed E-state index contributed by atoms with van der Waals surface area (Å²) >= 11 is 6.19. The number of carbonyl (C=O) groups is 1. The van der Waals surface area contributed by atoms with Gasteiger partial charge in [0.15, 0.2) is 11.2 Å². The third kappa shape index (κ3) is 2.76. The molecule has 0 radical (unpaired) electrons. The summed E-state index contributed by atoms with van der Waals surface area (Å²) in [5, 5.41) is 20.5. The lowest BCUT2D eigenvalue weighted by Crippen LogP contribution is -2.17. The number of nitrogens with zero attached hydrogens (tertiary/aromatic N) is 1. The SMILES string of the molecule is COc1c(Cl)ccc2c(=O)c3cc(O)c(C(C)C)cc3n(CC(=O)O)c12. The molecule has 136 valence electrons. The maximum atomic E-state index is 13.0. The summed E-state index contributed by atoms with van der Waals surface area (Å²) in [4.78, 5) is 24.5. The van der Waals surface area contributed by atoms with Crippen molar-refractivity contribution in [3.8, 4) is 11.5 Å². The molecule has 0 bridgehead atoms. The number of carboxylic acids is 1. The Kier molecular flexibility index (Phi) is 4.54.